The van der Waals surface area contributed by atoms with Gasteiger partial charge in [-0.3, -0.25) is 4.79 Å². The minimum absolute atomic E-state index is 0.421. The first-order valence-corrected chi connectivity index (χ1v) is 6.65. The molecule has 0 spiro atoms. The highest BCUT2D eigenvalue weighted by Gasteiger charge is 2.12. The van der Waals surface area contributed by atoms with E-state index in [2.05, 4.69) is 0 Å². The van der Waals surface area contributed by atoms with Crippen LogP contribution < -0.4 is 5.73 Å². The van der Waals surface area contributed by atoms with E-state index < -0.39 is 5.91 Å². The van der Waals surface area contributed by atoms with Crippen LogP contribution in [0.3, 0.4) is 0 Å². The summed E-state index contributed by atoms with van der Waals surface area (Å²) < 4.78 is 1.93. The van der Waals surface area contributed by atoms with Crippen LogP contribution in [0.1, 0.15) is 16.1 Å². The van der Waals surface area contributed by atoms with E-state index in [0.29, 0.717) is 17.3 Å². The average Bonchev–Trinajstić information content (AvgIpc) is 2.81. The molecule has 20 heavy (non-hydrogen) atoms. The molecule has 2 N–H and O–H groups in total. The minimum Gasteiger partial charge on any atom is -0.364 e. The Morgan fingerprint density at radius 3 is 2.50 bits per heavy atom. The van der Waals surface area contributed by atoms with Crippen LogP contribution in [0.5, 0.6) is 0 Å². The van der Waals surface area contributed by atoms with E-state index >= 15 is 0 Å². The lowest BCUT2D eigenvalue weighted by molar-refractivity contribution is 0.0992. The van der Waals surface area contributed by atoms with Gasteiger partial charge in [-0.05, 0) is 29.8 Å². The van der Waals surface area contributed by atoms with Crippen LogP contribution in [-0.4, -0.2) is 10.5 Å². The Hall–Kier alpha value is -2.26. The maximum Gasteiger partial charge on any atom is 0.265 e. The zero-order valence-electron chi connectivity index (χ0n) is 10.7. The number of carbonyl (C=O) groups excluding carboxylic acids is 1. The molecular weight excluding hydrogens is 272 g/mol. The fraction of sp³-hybridized carbons (Fsp3) is 0.0625. The molecule has 0 unspecified atom stereocenters. The van der Waals surface area contributed by atoms with Crippen LogP contribution >= 0.6 is 11.6 Å². The van der Waals surface area contributed by atoms with Crippen molar-refractivity contribution in [2.45, 2.75) is 6.54 Å². The number of primary amides is 1. The number of hydrogen-bond donors (Lipinski definition) is 1. The molecule has 4 heteroatoms. The maximum absolute atomic E-state index is 11.6. The number of nitrogens with two attached hydrogens (primary N) is 1. The number of benzene rings is 2. The molecule has 0 saturated heterocycles. The van der Waals surface area contributed by atoms with Crippen molar-refractivity contribution in [3.63, 3.8) is 0 Å². The summed E-state index contributed by atoms with van der Waals surface area (Å²) in [6.45, 7) is 0.586. The highest BCUT2D eigenvalue weighted by molar-refractivity contribution is 6.30. The summed E-state index contributed by atoms with van der Waals surface area (Å²) in [4.78, 5) is 11.6. The molecule has 1 aromatic heterocycles. The van der Waals surface area contributed by atoms with Crippen molar-refractivity contribution in [2.75, 3.05) is 0 Å². The number of nitrogens with zero attached hydrogens (tertiary/aromatic N) is 1. The van der Waals surface area contributed by atoms with Gasteiger partial charge in [0.15, 0.2) is 0 Å². The van der Waals surface area contributed by atoms with Crippen LogP contribution in [-0.2, 0) is 6.54 Å². The van der Waals surface area contributed by atoms with E-state index in [1.807, 2.05) is 59.2 Å². The van der Waals surface area contributed by atoms with Crippen molar-refractivity contribution >= 4 is 28.4 Å². The Morgan fingerprint density at radius 1 is 1.10 bits per heavy atom. The van der Waals surface area contributed by atoms with Crippen LogP contribution in [0.2, 0.25) is 5.02 Å². The summed E-state index contributed by atoms with van der Waals surface area (Å²) in [5.74, 6) is -0.421. The predicted molar refractivity (Wildman–Crippen MR) is 81.0 cm³/mol. The zero-order chi connectivity index (χ0) is 14.1. The summed E-state index contributed by atoms with van der Waals surface area (Å²) in [7, 11) is 0. The predicted octanol–water partition coefficient (Wildman–Crippen LogP) is 3.44. The first-order chi connectivity index (χ1) is 9.65. The number of para-hydroxylation sites is 1. The summed E-state index contributed by atoms with van der Waals surface area (Å²) in [5.41, 5.74) is 8.05. The molecule has 1 heterocycles. The van der Waals surface area contributed by atoms with Crippen LogP contribution in [0.4, 0.5) is 0 Å². The Kier molecular flexibility index (Phi) is 3.20. The van der Waals surface area contributed by atoms with Crippen LogP contribution in [0.15, 0.2) is 54.6 Å². The van der Waals surface area contributed by atoms with E-state index in [9.17, 15) is 4.79 Å². The van der Waals surface area contributed by atoms with Gasteiger partial charge < -0.3 is 10.3 Å². The molecule has 0 aliphatic carbocycles. The highest BCUT2D eigenvalue weighted by Crippen LogP contribution is 2.21. The lowest BCUT2D eigenvalue weighted by Gasteiger charge is -2.09. The van der Waals surface area contributed by atoms with Gasteiger partial charge in [0.2, 0.25) is 0 Å². The minimum atomic E-state index is -0.421. The number of hydrogen-bond acceptors (Lipinski definition) is 1. The second kappa shape index (κ2) is 5.02. The average molecular weight is 285 g/mol. The summed E-state index contributed by atoms with van der Waals surface area (Å²) in [6, 6.07) is 17.2. The standard InChI is InChI=1S/C16H13ClN2O/c17-13-7-5-11(6-8-13)10-19-14-4-2-1-3-12(14)9-15(19)16(18)20/h1-9H,10H2,(H2,18,20). The second-order valence-corrected chi connectivity index (χ2v) is 5.10. The van der Waals surface area contributed by atoms with E-state index in [1.54, 1.807) is 0 Å². The fourth-order valence-electron chi connectivity index (χ4n) is 2.36. The fourth-order valence-corrected chi connectivity index (χ4v) is 2.48. The molecule has 0 aliphatic rings. The Labute approximate surface area is 121 Å². The summed E-state index contributed by atoms with van der Waals surface area (Å²) in [5, 5.41) is 1.71. The number of rotatable bonds is 3. The molecule has 3 rings (SSSR count). The van der Waals surface area contributed by atoms with Gasteiger partial charge in [0.05, 0.1) is 0 Å². The van der Waals surface area contributed by atoms with Crippen molar-refractivity contribution in [1.29, 1.82) is 0 Å². The third-order valence-electron chi connectivity index (χ3n) is 3.32. The Bertz CT molecular complexity index is 775. The van der Waals surface area contributed by atoms with Gasteiger partial charge in [-0.15, -0.1) is 0 Å². The zero-order valence-corrected chi connectivity index (χ0v) is 11.5. The van der Waals surface area contributed by atoms with Crippen LogP contribution in [0, 0.1) is 0 Å². The van der Waals surface area contributed by atoms with Gasteiger partial charge in [0, 0.05) is 22.5 Å². The lowest BCUT2D eigenvalue weighted by atomic mass is 10.2. The van der Waals surface area contributed by atoms with Gasteiger partial charge in [-0.2, -0.15) is 0 Å². The van der Waals surface area contributed by atoms with E-state index in [1.165, 1.54) is 0 Å². The van der Waals surface area contributed by atoms with Gasteiger partial charge in [-0.25, -0.2) is 0 Å². The van der Waals surface area contributed by atoms with E-state index in [0.717, 1.165) is 16.5 Å². The summed E-state index contributed by atoms with van der Waals surface area (Å²) in [6.07, 6.45) is 0. The first-order valence-electron chi connectivity index (χ1n) is 6.27. The number of aromatic nitrogens is 1. The number of halogens is 1. The van der Waals surface area contributed by atoms with Crippen molar-refractivity contribution in [3.05, 3.63) is 70.9 Å². The van der Waals surface area contributed by atoms with Gasteiger partial charge in [0.1, 0.15) is 5.69 Å². The number of carbonyl (C=O) groups is 1. The topological polar surface area (TPSA) is 48.0 Å². The third kappa shape index (κ3) is 2.28. The second-order valence-electron chi connectivity index (χ2n) is 4.67. The van der Waals surface area contributed by atoms with Crippen molar-refractivity contribution in [1.82, 2.24) is 4.57 Å². The van der Waals surface area contributed by atoms with E-state index in [4.69, 9.17) is 17.3 Å². The van der Waals surface area contributed by atoms with Gasteiger partial charge in [0.25, 0.3) is 5.91 Å². The van der Waals surface area contributed by atoms with Crippen molar-refractivity contribution in [2.24, 2.45) is 5.73 Å². The van der Waals surface area contributed by atoms with Gasteiger partial charge in [-0.1, -0.05) is 41.9 Å². The quantitative estimate of drug-likeness (QED) is 0.787. The number of amides is 1. The maximum atomic E-state index is 11.6. The molecular formula is C16H13ClN2O. The SMILES string of the molecule is NC(=O)c1cc2ccccc2n1Cc1ccc(Cl)cc1. The molecule has 100 valence electrons. The molecule has 0 saturated carbocycles. The Morgan fingerprint density at radius 2 is 1.80 bits per heavy atom. The summed E-state index contributed by atoms with van der Waals surface area (Å²) >= 11 is 5.89. The molecule has 3 nitrogen and oxygen atoms in total. The lowest BCUT2D eigenvalue weighted by Crippen LogP contribution is -2.17. The van der Waals surface area contributed by atoms with Crippen LogP contribution in [0.25, 0.3) is 10.9 Å². The molecule has 3 aromatic rings. The molecule has 0 aliphatic heterocycles. The van der Waals surface area contributed by atoms with E-state index in [-0.39, 0.29) is 0 Å². The molecule has 0 radical (unpaired) electrons. The molecule has 0 atom stereocenters. The van der Waals surface area contributed by atoms with Gasteiger partial charge >= 0.3 is 0 Å². The third-order valence-corrected chi connectivity index (χ3v) is 3.57. The largest absolute Gasteiger partial charge is 0.364 e. The molecule has 1 amide bonds. The highest BCUT2D eigenvalue weighted by atomic mass is 35.5. The number of fused-ring (bicyclic) bond motifs is 1. The monoisotopic (exact) mass is 284 g/mol. The molecule has 0 fully saturated rings. The Balaban J connectivity index is 2.11. The normalized spacial score (nSPS) is 10.8. The van der Waals surface area contributed by atoms with Crippen molar-refractivity contribution < 1.29 is 4.79 Å². The molecule has 0 bridgehead atoms. The molecule has 2 aromatic carbocycles. The smallest absolute Gasteiger partial charge is 0.265 e. The van der Waals surface area contributed by atoms with Crippen molar-refractivity contribution in [3.8, 4) is 0 Å². The first kappa shape index (κ1) is 12.8.